The maximum atomic E-state index is 11.5. The normalized spacial score (nSPS) is 11.6. The van der Waals surface area contributed by atoms with Gasteiger partial charge in [-0.3, -0.25) is 4.79 Å². The molecule has 1 atom stereocenters. The number of aliphatic carboxylic acids is 1. The zero-order valence-electron chi connectivity index (χ0n) is 10.5. The Labute approximate surface area is 111 Å². The van der Waals surface area contributed by atoms with Crippen LogP contribution < -0.4 is 5.32 Å². The molecule has 0 radical (unpaired) electrons. The van der Waals surface area contributed by atoms with Gasteiger partial charge in [0.15, 0.2) is 0 Å². The number of benzene rings is 1. The van der Waals surface area contributed by atoms with Crippen molar-refractivity contribution in [1.82, 2.24) is 5.32 Å². The van der Waals surface area contributed by atoms with Crippen LogP contribution in [0.4, 0.5) is 0 Å². The molecule has 102 valence electrons. The van der Waals surface area contributed by atoms with Crippen LogP contribution in [-0.2, 0) is 20.8 Å². The molecule has 0 heterocycles. The number of carbonyl (C=O) groups excluding carboxylic acids is 2. The van der Waals surface area contributed by atoms with Crippen LogP contribution >= 0.6 is 0 Å². The summed E-state index contributed by atoms with van der Waals surface area (Å²) in [7, 11) is 0. The number of nitrogens with one attached hydrogen (secondary N) is 1. The van der Waals surface area contributed by atoms with E-state index in [9.17, 15) is 14.4 Å². The number of hydrogen-bond acceptors (Lipinski definition) is 3. The molecule has 0 saturated heterocycles. The SMILES string of the molecule is O=CCCCC(=O)N[C@@H](Cc1ccccc1)C(=O)O. The smallest absolute Gasteiger partial charge is 0.326 e. The Kier molecular flexibility index (Phi) is 6.29. The first-order chi connectivity index (χ1) is 9.13. The molecule has 0 bridgehead atoms. The van der Waals surface area contributed by atoms with Crippen LogP contribution in [-0.4, -0.2) is 29.3 Å². The molecular formula is C14H17NO4. The summed E-state index contributed by atoms with van der Waals surface area (Å²) in [4.78, 5) is 32.8. The Balaban J connectivity index is 2.51. The number of carboxylic acids is 1. The topological polar surface area (TPSA) is 83.5 Å². The fourth-order valence-electron chi connectivity index (χ4n) is 1.66. The lowest BCUT2D eigenvalue weighted by Gasteiger charge is -2.14. The van der Waals surface area contributed by atoms with Crippen LogP contribution in [0.25, 0.3) is 0 Å². The standard InChI is InChI=1S/C14H17NO4/c16-9-5-4-8-13(17)15-12(14(18)19)10-11-6-2-1-3-7-11/h1-3,6-7,9,12H,4-5,8,10H2,(H,15,17)(H,18,19)/t12-/m0/s1. The van der Waals surface area contributed by atoms with Crippen molar-refractivity contribution in [2.45, 2.75) is 31.7 Å². The van der Waals surface area contributed by atoms with E-state index in [1.807, 2.05) is 30.3 Å². The van der Waals surface area contributed by atoms with Gasteiger partial charge in [-0.2, -0.15) is 0 Å². The van der Waals surface area contributed by atoms with Gasteiger partial charge in [0.05, 0.1) is 0 Å². The second-order valence-electron chi connectivity index (χ2n) is 4.21. The van der Waals surface area contributed by atoms with Gasteiger partial charge in [-0.25, -0.2) is 4.79 Å². The van der Waals surface area contributed by atoms with Crippen molar-refractivity contribution < 1.29 is 19.5 Å². The van der Waals surface area contributed by atoms with E-state index in [2.05, 4.69) is 5.32 Å². The molecule has 1 rings (SSSR count). The van der Waals surface area contributed by atoms with E-state index >= 15 is 0 Å². The van der Waals surface area contributed by atoms with Gasteiger partial charge in [-0.15, -0.1) is 0 Å². The maximum absolute atomic E-state index is 11.5. The Bertz CT molecular complexity index is 430. The van der Waals surface area contributed by atoms with Crippen LogP contribution in [0.3, 0.4) is 0 Å². The summed E-state index contributed by atoms with van der Waals surface area (Å²) >= 11 is 0. The van der Waals surface area contributed by atoms with Crippen molar-refractivity contribution in [3.63, 3.8) is 0 Å². The summed E-state index contributed by atoms with van der Waals surface area (Å²) in [5.41, 5.74) is 0.850. The van der Waals surface area contributed by atoms with Crippen LogP contribution in [0.5, 0.6) is 0 Å². The minimum atomic E-state index is -1.06. The molecule has 1 amide bonds. The Morgan fingerprint density at radius 3 is 2.53 bits per heavy atom. The van der Waals surface area contributed by atoms with E-state index in [1.165, 1.54) is 0 Å². The largest absolute Gasteiger partial charge is 0.480 e. The fourth-order valence-corrected chi connectivity index (χ4v) is 1.66. The number of aldehydes is 1. The maximum Gasteiger partial charge on any atom is 0.326 e. The molecule has 0 saturated carbocycles. The first kappa shape index (κ1) is 14.9. The lowest BCUT2D eigenvalue weighted by molar-refractivity contribution is -0.141. The molecule has 0 unspecified atom stereocenters. The van der Waals surface area contributed by atoms with E-state index in [-0.39, 0.29) is 18.7 Å². The van der Waals surface area contributed by atoms with Gasteiger partial charge in [-0.05, 0) is 12.0 Å². The van der Waals surface area contributed by atoms with Crippen molar-refractivity contribution in [3.05, 3.63) is 35.9 Å². The molecule has 1 aromatic carbocycles. The number of hydrogen-bond donors (Lipinski definition) is 2. The van der Waals surface area contributed by atoms with Gasteiger partial charge in [-0.1, -0.05) is 30.3 Å². The van der Waals surface area contributed by atoms with E-state index in [1.54, 1.807) is 0 Å². The van der Waals surface area contributed by atoms with Crippen molar-refractivity contribution >= 4 is 18.2 Å². The second-order valence-corrected chi connectivity index (χ2v) is 4.21. The van der Waals surface area contributed by atoms with Gasteiger partial charge < -0.3 is 15.2 Å². The molecular weight excluding hydrogens is 246 g/mol. The summed E-state index contributed by atoms with van der Waals surface area (Å²) in [5.74, 6) is -1.40. The first-order valence-corrected chi connectivity index (χ1v) is 6.13. The van der Waals surface area contributed by atoms with Crippen LogP contribution in [0.1, 0.15) is 24.8 Å². The number of unbranched alkanes of at least 4 members (excludes halogenated alkanes) is 1. The zero-order chi connectivity index (χ0) is 14.1. The van der Waals surface area contributed by atoms with Gasteiger partial charge in [0.1, 0.15) is 12.3 Å². The van der Waals surface area contributed by atoms with Crippen molar-refractivity contribution in [1.29, 1.82) is 0 Å². The number of rotatable bonds is 8. The lowest BCUT2D eigenvalue weighted by Crippen LogP contribution is -2.42. The quantitative estimate of drug-likeness (QED) is 0.544. The first-order valence-electron chi connectivity index (χ1n) is 6.13. The third-order valence-electron chi connectivity index (χ3n) is 2.64. The molecule has 5 heteroatoms. The summed E-state index contributed by atoms with van der Waals surface area (Å²) in [6.45, 7) is 0. The fraction of sp³-hybridized carbons (Fsp3) is 0.357. The highest BCUT2D eigenvalue weighted by Gasteiger charge is 2.19. The van der Waals surface area contributed by atoms with E-state index < -0.39 is 12.0 Å². The summed E-state index contributed by atoms with van der Waals surface area (Å²) in [5, 5.41) is 11.6. The van der Waals surface area contributed by atoms with Gasteiger partial charge in [0.25, 0.3) is 0 Å². The molecule has 0 fully saturated rings. The molecule has 0 aliphatic rings. The number of carbonyl (C=O) groups is 3. The average Bonchev–Trinajstić information content (AvgIpc) is 2.39. The lowest BCUT2D eigenvalue weighted by atomic mass is 10.1. The highest BCUT2D eigenvalue weighted by Crippen LogP contribution is 2.04. The molecule has 19 heavy (non-hydrogen) atoms. The van der Waals surface area contributed by atoms with E-state index in [4.69, 9.17) is 5.11 Å². The highest BCUT2D eigenvalue weighted by atomic mass is 16.4. The third kappa shape index (κ3) is 5.81. The predicted octanol–water partition coefficient (Wildman–Crippen LogP) is 1.17. The summed E-state index contributed by atoms with van der Waals surface area (Å²) in [6.07, 6.45) is 1.90. The van der Waals surface area contributed by atoms with Crippen LogP contribution in [0, 0.1) is 0 Å². The van der Waals surface area contributed by atoms with Crippen molar-refractivity contribution in [3.8, 4) is 0 Å². The van der Waals surface area contributed by atoms with E-state index in [0.717, 1.165) is 11.8 Å². The van der Waals surface area contributed by atoms with Crippen LogP contribution in [0.2, 0.25) is 0 Å². The molecule has 2 N–H and O–H groups in total. The molecule has 0 aromatic heterocycles. The number of carboxylic acid groups (broad SMARTS) is 1. The van der Waals surface area contributed by atoms with Crippen molar-refractivity contribution in [2.75, 3.05) is 0 Å². The molecule has 0 aliphatic heterocycles. The second kappa shape index (κ2) is 8.02. The van der Waals surface area contributed by atoms with Crippen molar-refractivity contribution in [2.24, 2.45) is 0 Å². The Hall–Kier alpha value is -2.17. The van der Waals surface area contributed by atoms with E-state index in [0.29, 0.717) is 12.8 Å². The van der Waals surface area contributed by atoms with Crippen LogP contribution in [0.15, 0.2) is 30.3 Å². The minimum absolute atomic E-state index is 0.164. The molecule has 0 aliphatic carbocycles. The molecule has 5 nitrogen and oxygen atoms in total. The minimum Gasteiger partial charge on any atom is -0.480 e. The average molecular weight is 263 g/mol. The monoisotopic (exact) mass is 263 g/mol. The van der Waals surface area contributed by atoms with Gasteiger partial charge >= 0.3 is 5.97 Å². The number of amides is 1. The van der Waals surface area contributed by atoms with Gasteiger partial charge in [0, 0.05) is 19.3 Å². The highest BCUT2D eigenvalue weighted by molar-refractivity contribution is 5.83. The molecule has 0 spiro atoms. The Morgan fingerprint density at radius 1 is 1.26 bits per heavy atom. The summed E-state index contributed by atoms with van der Waals surface area (Å²) in [6, 6.07) is 8.17. The Morgan fingerprint density at radius 2 is 1.95 bits per heavy atom. The predicted molar refractivity (Wildman–Crippen MR) is 69.6 cm³/mol. The molecule has 1 aromatic rings. The third-order valence-corrected chi connectivity index (χ3v) is 2.64. The zero-order valence-corrected chi connectivity index (χ0v) is 10.5. The van der Waals surface area contributed by atoms with Gasteiger partial charge in [0.2, 0.25) is 5.91 Å². The summed E-state index contributed by atoms with van der Waals surface area (Å²) < 4.78 is 0.